The van der Waals surface area contributed by atoms with Crippen molar-refractivity contribution in [2.24, 2.45) is 0 Å². The number of ketones is 1. The highest BCUT2D eigenvalue weighted by Gasteiger charge is 2.11. The first-order chi connectivity index (χ1) is 11.4. The van der Waals surface area contributed by atoms with Crippen molar-refractivity contribution in [2.75, 3.05) is 19.0 Å². The molecule has 0 spiro atoms. The Hall–Kier alpha value is -2.34. The van der Waals surface area contributed by atoms with E-state index in [0.717, 1.165) is 10.0 Å². The van der Waals surface area contributed by atoms with Crippen molar-refractivity contribution in [3.63, 3.8) is 0 Å². The van der Waals surface area contributed by atoms with Crippen molar-refractivity contribution >= 4 is 33.3 Å². The van der Waals surface area contributed by atoms with Gasteiger partial charge in [0.25, 0.3) is 5.91 Å². The fraction of sp³-hybridized carbons (Fsp3) is 0.222. The third kappa shape index (κ3) is 4.58. The summed E-state index contributed by atoms with van der Waals surface area (Å²) < 4.78 is 11.5. The van der Waals surface area contributed by atoms with E-state index in [9.17, 15) is 9.59 Å². The number of benzene rings is 2. The van der Waals surface area contributed by atoms with Crippen LogP contribution in [0, 0.1) is 6.92 Å². The van der Waals surface area contributed by atoms with Gasteiger partial charge in [-0.2, -0.15) is 0 Å². The number of hydrogen-bond acceptors (Lipinski definition) is 4. The Bertz CT molecular complexity index is 774. The molecule has 0 saturated heterocycles. The molecule has 0 atom stereocenters. The van der Waals surface area contributed by atoms with E-state index in [-0.39, 0.29) is 18.3 Å². The van der Waals surface area contributed by atoms with Gasteiger partial charge in [0.15, 0.2) is 23.9 Å². The van der Waals surface area contributed by atoms with E-state index in [1.807, 2.05) is 25.1 Å². The molecule has 2 aromatic carbocycles. The number of aryl methyl sites for hydroxylation is 1. The minimum absolute atomic E-state index is 0.0678. The number of carbonyl (C=O) groups is 2. The summed E-state index contributed by atoms with van der Waals surface area (Å²) in [4.78, 5) is 23.4. The van der Waals surface area contributed by atoms with Crippen molar-refractivity contribution in [3.05, 3.63) is 52.0 Å². The highest BCUT2D eigenvalue weighted by atomic mass is 79.9. The Morgan fingerprint density at radius 2 is 1.88 bits per heavy atom. The number of amides is 1. The molecule has 0 heterocycles. The van der Waals surface area contributed by atoms with Gasteiger partial charge in [0, 0.05) is 10.0 Å². The molecule has 1 amide bonds. The summed E-state index contributed by atoms with van der Waals surface area (Å²) in [5, 5.41) is 2.77. The maximum atomic E-state index is 12.0. The third-order valence-electron chi connectivity index (χ3n) is 3.33. The molecule has 0 bridgehead atoms. The lowest BCUT2D eigenvalue weighted by Crippen LogP contribution is -2.20. The molecule has 0 fully saturated rings. The second kappa shape index (κ2) is 7.97. The average Bonchev–Trinajstić information content (AvgIpc) is 2.55. The van der Waals surface area contributed by atoms with Gasteiger partial charge in [-0.25, -0.2) is 0 Å². The lowest BCUT2D eigenvalue weighted by Gasteiger charge is -2.12. The molecular formula is C18H18BrNO4. The molecule has 0 radical (unpaired) electrons. The van der Waals surface area contributed by atoms with Crippen molar-refractivity contribution in [2.45, 2.75) is 13.8 Å². The minimum Gasteiger partial charge on any atom is -0.493 e. The number of hydrogen-bond donors (Lipinski definition) is 1. The average molecular weight is 392 g/mol. The molecule has 6 heteroatoms. The van der Waals surface area contributed by atoms with Gasteiger partial charge < -0.3 is 14.8 Å². The SMILES string of the molecule is COc1cc(C(C)=O)ccc1OCC(=O)Nc1ccc(C)cc1Br. The van der Waals surface area contributed by atoms with E-state index in [0.29, 0.717) is 22.7 Å². The topological polar surface area (TPSA) is 64.6 Å². The van der Waals surface area contributed by atoms with Gasteiger partial charge in [0.2, 0.25) is 0 Å². The van der Waals surface area contributed by atoms with Crippen LogP contribution in [0.5, 0.6) is 11.5 Å². The maximum absolute atomic E-state index is 12.0. The maximum Gasteiger partial charge on any atom is 0.262 e. The van der Waals surface area contributed by atoms with Crippen LogP contribution >= 0.6 is 15.9 Å². The van der Waals surface area contributed by atoms with Crippen LogP contribution in [0.25, 0.3) is 0 Å². The third-order valence-corrected chi connectivity index (χ3v) is 3.98. The first-order valence-electron chi connectivity index (χ1n) is 7.28. The molecule has 0 saturated carbocycles. The predicted molar refractivity (Wildman–Crippen MR) is 96.0 cm³/mol. The lowest BCUT2D eigenvalue weighted by molar-refractivity contribution is -0.118. The van der Waals surface area contributed by atoms with Crippen molar-refractivity contribution in [1.29, 1.82) is 0 Å². The first-order valence-corrected chi connectivity index (χ1v) is 8.08. The normalized spacial score (nSPS) is 10.2. The number of Topliss-reactive ketones (excluding diaryl/α,β-unsaturated/α-hetero) is 1. The summed E-state index contributed by atoms with van der Waals surface area (Å²) in [7, 11) is 1.48. The largest absolute Gasteiger partial charge is 0.493 e. The second-order valence-corrected chi connectivity index (χ2v) is 6.10. The number of rotatable bonds is 6. The van der Waals surface area contributed by atoms with Gasteiger partial charge in [0.1, 0.15) is 0 Å². The number of anilines is 1. The monoisotopic (exact) mass is 391 g/mol. The lowest BCUT2D eigenvalue weighted by atomic mass is 10.1. The van der Waals surface area contributed by atoms with Gasteiger partial charge in [-0.3, -0.25) is 9.59 Å². The van der Waals surface area contributed by atoms with Crippen LogP contribution < -0.4 is 14.8 Å². The van der Waals surface area contributed by atoms with E-state index in [4.69, 9.17) is 9.47 Å². The van der Waals surface area contributed by atoms with Gasteiger partial charge >= 0.3 is 0 Å². The van der Waals surface area contributed by atoms with Crippen LogP contribution in [-0.2, 0) is 4.79 Å². The molecule has 0 aliphatic rings. The van der Waals surface area contributed by atoms with Gasteiger partial charge in [-0.1, -0.05) is 6.07 Å². The Morgan fingerprint density at radius 3 is 2.50 bits per heavy atom. The summed E-state index contributed by atoms with van der Waals surface area (Å²) in [6, 6.07) is 10.5. The van der Waals surface area contributed by atoms with Crippen LogP contribution in [0.3, 0.4) is 0 Å². The van der Waals surface area contributed by atoms with Gasteiger partial charge in [0.05, 0.1) is 12.8 Å². The highest BCUT2D eigenvalue weighted by molar-refractivity contribution is 9.10. The summed E-state index contributed by atoms with van der Waals surface area (Å²) in [5.74, 6) is 0.451. The summed E-state index contributed by atoms with van der Waals surface area (Å²) in [6.07, 6.45) is 0. The zero-order chi connectivity index (χ0) is 17.7. The molecular weight excluding hydrogens is 374 g/mol. The van der Waals surface area contributed by atoms with E-state index in [2.05, 4.69) is 21.2 Å². The van der Waals surface area contributed by atoms with Crippen molar-refractivity contribution < 1.29 is 19.1 Å². The molecule has 2 aromatic rings. The van der Waals surface area contributed by atoms with Crippen LogP contribution in [-0.4, -0.2) is 25.4 Å². The zero-order valence-corrected chi connectivity index (χ0v) is 15.3. The molecule has 126 valence electrons. The fourth-order valence-corrected chi connectivity index (χ4v) is 2.65. The summed E-state index contributed by atoms with van der Waals surface area (Å²) in [5.41, 5.74) is 2.28. The van der Waals surface area contributed by atoms with E-state index < -0.39 is 0 Å². The van der Waals surface area contributed by atoms with Crippen LogP contribution in [0.1, 0.15) is 22.8 Å². The van der Waals surface area contributed by atoms with Gasteiger partial charge in [-0.15, -0.1) is 0 Å². The molecule has 2 rings (SSSR count). The Labute approximate surface area is 149 Å². The van der Waals surface area contributed by atoms with Crippen molar-refractivity contribution in [1.82, 2.24) is 0 Å². The number of carbonyl (C=O) groups excluding carboxylic acids is 2. The highest BCUT2D eigenvalue weighted by Crippen LogP contribution is 2.28. The molecule has 0 aromatic heterocycles. The van der Waals surface area contributed by atoms with Crippen LogP contribution in [0.15, 0.2) is 40.9 Å². The molecule has 0 aliphatic heterocycles. The predicted octanol–water partition coefficient (Wildman–Crippen LogP) is 3.99. The fourth-order valence-electron chi connectivity index (χ4n) is 2.06. The Morgan fingerprint density at radius 1 is 1.12 bits per heavy atom. The number of ether oxygens (including phenoxy) is 2. The second-order valence-electron chi connectivity index (χ2n) is 5.24. The minimum atomic E-state index is -0.294. The number of nitrogens with one attached hydrogen (secondary N) is 1. The molecule has 0 unspecified atom stereocenters. The summed E-state index contributed by atoms with van der Waals surface area (Å²) >= 11 is 3.41. The van der Waals surface area contributed by atoms with Crippen molar-refractivity contribution in [3.8, 4) is 11.5 Å². The van der Waals surface area contributed by atoms with E-state index in [1.165, 1.54) is 14.0 Å². The molecule has 1 N–H and O–H groups in total. The summed E-state index contributed by atoms with van der Waals surface area (Å²) in [6.45, 7) is 3.27. The molecule has 0 aliphatic carbocycles. The molecule has 5 nitrogen and oxygen atoms in total. The van der Waals surface area contributed by atoms with Gasteiger partial charge in [-0.05, 0) is 65.7 Å². The number of halogens is 1. The quantitative estimate of drug-likeness (QED) is 0.756. The molecule has 24 heavy (non-hydrogen) atoms. The van der Waals surface area contributed by atoms with E-state index in [1.54, 1.807) is 18.2 Å². The van der Waals surface area contributed by atoms with Crippen LogP contribution in [0.2, 0.25) is 0 Å². The Kier molecular flexibility index (Phi) is 5.98. The van der Waals surface area contributed by atoms with E-state index >= 15 is 0 Å². The van der Waals surface area contributed by atoms with Crippen LogP contribution in [0.4, 0.5) is 5.69 Å². The number of methoxy groups -OCH3 is 1. The smallest absolute Gasteiger partial charge is 0.262 e. The standard InChI is InChI=1S/C18H18BrNO4/c1-11-4-6-15(14(19)8-11)20-18(22)10-24-16-7-5-13(12(2)21)9-17(16)23-3/h4-9H,10H2,1-3H3,(H,20,22). The first kappa shape index (κ1) is 18.0. The Balaban J connectivity index is 2.02. The zero-order valence-electron chi connectivity index (χ0n) is 13.7.